The molecule has 114 valence electrons. The van der Waals surface area contributed by atoms with Crippen LogP contribution in [-0.2, 0) is 6.54 Å². The number of aromatic nitrogens is 2. The van der Waals surface area contributed by atoms with Crippen molar-refractivity contribution in [2.75, 3.05) is 13.1 Å². The molecule has 1 aliphatic heterocycles. The zero-order valence-electron chi connectivity index (χ0n) is 12.6. The summed E-state index contributed by atoms with van der Waals surface area (Å²) in [5.41, 5.74) is 1.24. The van der Waals surface area contributed by atoms with E-state index in [1.54, 1.807) is 10.6 Å². The van der Waals surface area contributed by atoms with Gasteiger partial charge in [0.1, 0.15) is 5.82 Å². The second-order valence-electron chi connectivity index (χ2n) is 6.28. The zero-order valence-corrected chi connectivity index (χ0v) is 12.6. The average molecular weight is 291 g/mol. The van der Waals surface area contributed by atoms with E-state index >= 15 is 0 Å². The molecule has 21 heavy (non-hydrogen) atoms. The third-order valence-electron chi connectivity index (χ3n) is 4.56. The Morgan fingerprint density at radius 1 is 1.33 bits per heavy atom. The Morgan fingerprint density at radius 3 is 2.71 bits per heavy atom. The fourth-order valence-corrected chi connectivity index (χ4v) is 3.22. The minimum atomic E-state index is -0.301. The van der Waals surface area contributed by atoms with Crippen molar-refractivity contribution in [3.63, 3.8) is 0 Å². The number of hydrogen-bond acceptors (Lipinski definition) is 2. The number of fused-ring (bicyclic) bond motifs is 1. The Hall–Kier alpha value is -1.62. The molecular formula is C16H22FN3O. The van der Waals surface area contributed by atoms with Crippen molar-refractivity contribution in [1.82, 2.24) is 14.5 Å². The van der Waals surface area contributed by atoms with Gasteiger partial charge in [-0.1, -0.05) is 0 Å². The third kappa shape index (κ3) is 2.88. The lowest BCUT2D eigenvalue weighted by molar-refractivity contribution is 0.142. The van der Waals surface area contributed by atoms with Crippen molar-refractivity contribution in [2.45, 2.75) is 39.3 Å². The van der Waals surface area contributed by atoms with Crippen molar-refractivity contribution in [3.8, 4) is 0 Å². The number of rotatable bonds is 3. The van der Waals surface area contributed by atoms with Gasteiger partial charge in [-0.3, -0.25) is 4.57 Å². The first-order valence-corrected chi connectivity index (χ1v) is 7.66. The van der Waals surface area contributed by atoms with Gasteiger partial charge in [0, 0.05) is 12.6 Å². The minimum Gasteiger partial charge on any atom is -0.306 e. The van der Waals surface area contributed by atoms with Crippen LogP contribution in [0.25, 0.3) is 11.0 Å². The predicted octanol–water partition coefficient (Wildman–Crippen LogP) is 2.59. The number of hydrogen-bond donors (Lipinski definition) is 1. The van der Waals surface area contributed by atoms with E-state index < -0.39 is 0 Å². The summed E-state index contributed by atoms with van der Waals surface area (Å²) >= 11 is 0. The molecule has 5 heteroatoms. The predicted molar refractivity (Wildman–Crippen MR) is 81.9 cm³/mol. The molecule has 3 rings (SSSR count). The summed E-state index contributed by atoms with van der Waals surface area (Å²) in [4.78, 5) is 17.3. The lowest BCUT2D eigenvalue weighted by Gasteiger charge is -2.34. The highest BCUT2D eigenvalue weighted by molar-refractivity contribution is 5.75. The molecule has 1 N–H and O–H groups in total. The van der Waals surface area contributed by atoms with E-state index in [9.17, 15) is 9.18 Å². The van der Waals surface area contributed by atoms with Gasteiger partial charge in [0.2, 0.25) is 0 Å². The van der Waals surface area contributed by atoms with Gasteiger partial charge in [-0.25, -0.2) is 9.18 Å². The van der Waals surface area contributed by atoms with Gasteiger partial charge < -0.3 is 9.88 Å². The lowest BCUT2D eigenvalue weighted by Crippen LogP contribution is -2.39. The standard InChI is InChI=1S/C16H22FN3O/c1-11(2)19-7-5-12(6-8-19)10-20-15-9-13(17)3-4-14(15)18-16(20)21/h3-4,9,11-12H,5-8,10H2,1-2H3,(H,18,21). The van der Waals surface area contributed by atoms with Crippen molar-refractivity contribution < 1.29 is 4.39 Å². The number of nitrogens with zero attached hydrogens (tertiary/aromatic N) is 2. The Kier molecular flexibility index (Phi) is 3.85. The summed E-state index contributed by atoms with van der Waals surface area (Å²) in [5.74, 6) is 0.185. The van der Waals surface area contributed by atoms with Gasteiger partial charge in [0.25, 0.3) is 0 Å². The van der Waals surface area contributed by atoms with Crippen LogP contribution in [0.15, 0.2) is 23.0 Å². The number of halogens is 1. The number of piperidine rings is 1. The normalized spacial score (nSPS) is 17.9. The topological polar surface area (TPSA) is 41.0 Å². The highest BCUT2D eigenvalue weighted by atomic mass is 19.1. The molecule has 1 aromatic heterocycles. The van der Waals surface area contributed by atoms with Crippen molar-refractivity contribution in [1.29, 1.82) is 0 Å². The second kappa shape index (κ2) is 5.64. The molecule has 0 spiro atoms. The maximum atomic E-state index is 13.4. The summed E-state index contributed by atoms with van der Waals surface area (Å²) < 4.78 is 15.1. The quantitative estimate of drug-likeness (QED) is 0.944. The second-order valence-corrected chi connectivity index (χ2v) is 6.28. The SMILES string of the molecule is CC(C)N1CCC(Cn2c(=O)[nH]c3ccc(F)cc32)CC1. The molecule has 1 saturated heterocycles. The number of benzene rings is 1. The van der Waals surface area contributed by atoms with E-state index in [0.29, 0.717) is 29.5 Å². The van der Waals surface area contributed by atoms with Crippen LogP contribution in [0.2, 0.25) is 0 Å². The summed E-state index contributed by atoms with van der Waals surface area (Å²) in [5, 5.41) is 0. The minimum absolute atomic E-state index is 0.137. The molecule has 4 nitrogen and oxygen atoms in total. The van der Waals surface area contributed by atoms with Crippen LogP contribution in [-0.4, -0.2) is 33.6 Å². The summed E-state index contributed by atoms with van der Waals surface area (Å²) in [7, 11) is 0. The maximum Gasteiger partial charge on any atom is 0.326 e. The van der Waals surface area contributed by atoms with Crippen molar-refractivity contribution >= 4 is 11.0 Å². The van der Waals surface area contributed by atoms with Crippen LogP contribution >= 0.6 is 0 Å². The molecule has 1 fully saturated rings. The Bertz CT molecular complexity index is 680. The fraction of sp³-hybridized carbons (Fsp3) is 0.562. The molecule has 0 aliphatic carbocycles. The largest absolute Gasteiger partial charge is 0.326 e. The van der Waals surface area contributed by atoms with Crippen LogP contribution in [0.5, 0.6) is 0 Å². The van der Waals surface area contributed by atoms with Crippen LogP contribution < -0.4 is 5.69 Å². The molecule has 0 bridgehead atoms. The van der Waals surface area contributed by atoms with Gasteiger partial charge in [0.15, 0.2) is 0 Å². The van der Waals surface area contributed by atoms with Crippen LogP contribution in [0.4, 0.5) is 4.39 Å². The molecule has 1 aliphatic rings. The average Bonchev–Trinajstić information content (AvgIpc) is 2.76. The molecule has 2 heterocycles. The summed E-state index contributed by atoms with van der Waals surface area (Å²) in [6, 6.07) is 5.03. The fourth-order valence-electron chi connectivity index (χ4n) is 3.22. The number of likely N-dealkylation sites (tertiary alicyclic amines) is 1. The van der Waals surface area contributed by atoms with Gasteiger partial charge in [-0.2, -0.15) is 0 Å². The Labute approximate surface area is 123 Å². The maximum absolute atomic E-state index is 13.4. The monoisotopic (exact) mass is 291 g/mol. The molecule has 0 atom stereocenters. The molecule has 0 saturated carbocycles. The summed E-state index contributed by atoms with van der Waals surface area (Å²) in [6.07, 6.45) is 2.18. The molecule has 2 aromatic rings. The zero-order chi connectivity index (χ0) is 15.0. The van der Waals surface area contributed by atoms with E-state index in [1.165, 1.54) is 12.1 Å². The molecule has 0 amide bonds. The van der Waals surface area contributed by atoms with Crippen LogP contribution in [0.3, 0.4) is 0 Å². The number of H-pyrrole nitrogens is 1. The van der Waals surface area contributed by atoms with E-state index in [0.717, 1.165) is 25.9 Å². The number of imidazole rings is 1. The third-order valence-corrected chi connectivity index (χ3v) is 4.56. The number of nitrogens with one attached hydrogen (secondary N) is 1. The molecule has 1 aromatic carbocycles. The highest BCUT2D eigenvalue weighted by Gasteiger charge is 2.22. The molecule has 0 radical (unpaired) electrons. The van der Waals surface area contributed by atoms with Gasteiger partial charge in [-0.05, 0) is 63.9 Å². The van der Waals surface area contributed by atoms with Gasteiger partial charge >= 0.3 is 5.69 Å². The Morgan fingerprint density at radius 2 is 2.05 bits per heavy atom. The first-order valence-electron chi connectivity index (χ1n) is 7.66. The number of aromatic amines is 1. The first-order chi connectivity index (χ1) is 10.0. The molecule has 0 unspecified atom stereocenters. The highest BCUT2D eigenvalue weighted by Crippen LogP contribution is 2.22. The van der Waals surface area contributed by atoms with Crippen molar-refractivity contribution in [2.24, 2.45) is 5.92 Å². The van der Waals surface area contributed by atoms with Crippen molar-refractivity contribution in [3.05, 3.63) is 34.5 Å². The lowest BCUT2D eigenvalue weighted by atomic mass is 9.96. The van der Waals surface area contributed by atoms with Gasteiger partial charge in [0.05, 0.1) is 11.0 Å². The molecular weight excluding hydrogens is 269 g/mol. The van der Waals surface area contributed by atoms with Crippen LogP contribution in [0.1, 0.15) is 26.7 Å². The van der Waals surface area contributed by atoms with E-state index in [4.69, 9.17) is 0 Å². The van der Waals surface area contributed by atoms with Gasteiger partial charge in [-0.15, -0.1) is 0 Å². The van der Waals surface area contributed by atoms with Crippen LogP contribution in [0, 0.1) is 11.7 Å². The first kappa shape index (κ1) is 14.3. The Balaban J connectivity index is 1.78. The summed E-state index contributed by atoms with van der Waals surface area (Å²) in [6.45, 7) is 7.26. The van der Waals surface area contributed by atoms with E-state index in [-0.39, 0.29) is 11.5 Å². The smallest absolute Gasteiger partial charge is 0.306 e. The van der Waals surface area contributed by atoms with E-state index in [1.807, 2.05) is 0 Å². The van der Waals surface area contributed by atoms with E-state index in [2.05, 4.69) is 23.7 Å².